The normalized spacial score (nSPS) is 12.4. The van der Waals surface area contributed by atoms with Gasteiger partial charge in [-0.3, -0.25) is 9.69 Å². The summed E-state index contributed by atoms with van der Waals surface area (Å²) in [7, 11) is 3.15. The van der Waals surface area contributed by atoms with Gasteiger partial charge in [0.05, 0.1) is 13.7 Å². The van der Waals surface area contributed by atoms with Crippen molar-refractivity contribution in [1.82, 2.24) is 15.0 Å². The smallest absolute Gasteiger partial charge is 0.325 e. The zero-order chi connectivity index (χ0) is 17.0. The molecule has 0 saturated heterocycles. The Bertz CT molecular complexity index is 689. The Hall–Kier alpha value is -2.12. The van der Waals surface area contributed by atoms with Crippen molar-refractivity contribution < 1.29 is 19.2 Å². The topological polar surface area (TPSA) is 88.7 Å². The van der Waals surface area contributed by atoms with E-state index in [0.29, 0.717) is 34.5 Å². The number of benzene rings is 1. The monoisotopic (exact) mass is 339 g/mol. The van der Waals surface area contributed by atoms with Crippen LogP contribution in [0.2, 0.25) is 5.02 Å². The lowest BCUT2D eigenvalue weighted by Gasteiger charge is -2.25. The summed E-state index contributed by atoms with van der Waals surface area (Å²) in [4.78, 5) is 17.6. The van der Waals surface area contributed by atoms with Gasteiger partial charge >= 0.3 is 5.97 Å². The van der Waals surface area contributed by atoms with E-state index in [4.69, 9.17) is 20.9 Å². The predicted octanol–water partition coefficient (Wildman–Crippen LogP) is 2.55. The molecule has 0 bridgehead atoms. The molecule has 23 heavy (non-hydrogen) atoms. The van der Waals surface area contributed by atoms with Crippen LogP contribution >= 0.6 is 11.6 Å². The third kappa shape index (κ3) is 4.00. The highest BCUT2D eigenvalue weighted by Crippen LogP contribution is 2.32. The molecule has 1 atom stereocenters. The molecule has 1 aromatic heterocycles. The number of aromatic nitrogens is 2. The van der Waals surface area contributed by atoms with Gasteiger partial charge in [-0.2, -0.15) is 4.98 Å². The zero-order valence-electron chi connectivity index (χ0n) is 13.1. The largest absolute Gasteiger partial charge is 0.496 e. The molecule has 0 spiro atoms. The molecule has 124 valence electrons. The molecule has 8 heteroatoms. The Morgan fingerprint density at radius 1 is 1.52 bits per heavy atom. The number of aliphatic carboxylic acids is 1. The number of hydrogen-bond acceptors (Lipinski definition) is 6. The first-order valence-electron chi connectivity index (χ1n) is 7.04. The molecule has 0 aliphatic rings. The fraction of sp³-hybridized carbons (Fsp3) is 0.400. The van der Waals surface area contributed by atoms with E-state index in [1.54, 1.807) is 30.1 Å². The molecule has 1 heterocycles. The first kappa shape index (κ1) is 17.2. The summed E-state index contributed by atoms with van der Waals surface area (Å²) in [5, 5.41) is 13.9. The van der Waals surface area contributed by atoms with Crippen LogP contribution < -0.4 is 4.74 Å². The quantitative estimate of drug-likeness (QED) is 0.829. The van der Waals surface area contributed by atoms with Crippen LogP contribution in [0.3, 0.4) is 0 Å². The number of ether oxygens (including phenoxy) is 1. The lowest BCUT2D eigenvalue weighted by atomic mass is 10.0. The van der Waals surface area contributed by atoms with Crippen LogP contribution in [0.4, 0.5) is 0 Å². The maximum absolute atomic E-state index is 11.8. The Morgan fingerprint density at radius 2 is 2.26 bits per heavy atom. The highest BCUT2D eigenvalue weighted by atomic mass is 35.5. The van der Waals surface area contributed by atoms with Crippen LogP contribution in [-0.4, -0.2) is 40.3 Å². The molecule has 0 aliphatic heterocycles. The molecular formula is C15H18ClN3O4. The Labute approximate surface area is 138 Å². The number of likely N-dealkylation sites (N-methyl/N-ethyl adjacent to an activating group) is 1. The lowest BCUT2D eigenvalue weighted by molar-refractivity contribution is -0.143. The van der Waals surface area contributed by atoms with E-state index in [2.05, 4.69) is 10.1 Å². The third-order valence-corrected chi connectivity index (χ3v) is 3.60. The van der Waals surface area contributed by atoms with E-state index in [0.717, 1.165) is 0 Å². The van der Waals surface area contributed by atoms with Gasteiger partial charge in [0.15, 0.2) is 5.82 Å². The van der Waals surface area contributed by atoms with Gasteiger partial charge in [-0.1, -0.05) is 23.7 Å². The van der Waals surface area contributed by atoms with Gasteiger partial charge in [0, 0.05) is 17.0 Å². The molecular weight excluding hydrogens is 322 g/mol. The van der Waals surface area contributed by atoms with Crippen molar-refractivity contribution >= 4 is 17.6 Å². The fourth-order valence-electron chi connectivity index (χ4n) is 2.29. The minimum atomic E-state index is -1.02. The number of methoxy groups -OCH3 is 1. The van der Waals surface area contributed by atoms with Gasteiger partial charge < -0.3 is 14.4 Å². The van der Waals surface area contributed by atoms with Gasteiger partial charge in [0.1, 0.15) is 11.8 Å². The number of aryl methyl sites for hydroxylation is 1. The van der Waals surface area contributed by atoms with Crippen molar-refractivity contribution in [2.24, 2.45) is 0 Å². The van der Waals surface area contributed by atoms with Crippen LogP contribution in [0, 0.1) is 0 Å². The number of carboxylic acids is 1. The number of rotatable bonds is 7. The van der Waals surface area contributed by atoms with E-state index >= 15 is 0 Å². The molecule has 0 amide bonds. The third-order valence-electron chi connectivity index (χ3n) is 3.36. The van der Waals surface area contributed by atoms with Crippen LogP contribution in [0.25, 0.3) is 0 Å². The van der Waals surface area contributed by atoms with Crippen LogP contribution in [0.5, 0.6) is 5.75 Å². The van der Waals surface area contributed by atoms with Gasteiger partial charge in [0.2, 0.25) is 5.89 Å². The summed E-state index contributed by atoms with van der Waals surface area (Å²) in [5.41, 5.74) is 0.467. The second-order valence-corrected chi connectivity index (χ2v) is 5.44. The Balaban J connectivity index is 2.30. The first-order valence-corrected chi connectivity index (χ1v) is 7.42. The average molecular weight is 340 g/mol. The number of halogens is 1. The number of hydrogen-bond donors (Lipinski definition) is 1. The average Bonchev–Trinajstić information content (AvgIpc) is 2.95. The highest BCUT2D eigenvalue weighted by Gasteiger charge is 2.29. The van der Waals surface area contributed by atoms with Crippen molar-refractivity contribution in [2.45, 2.75) is 25.9 Å². The van der Waals surface area contributed by atoms with E-state index in [9.17, 15) is 9.90 Å². The first-order chi connectivity index (χ1) is 11.0. The highest BCUT2D eigenvalue weighted by molar-refractivity contribution is 6.30. The summed E-state index contributed by atoms with van der Waals surface area (Å²) in [6.07, 6.45) is 0.626. The summed E-state index contributed by atoms with van der Waals surface area (Å²) in [6, 6.07) is 3.93. The summed E-state index contributed by atoms with van der Waals surface area (Å²) >= 11 is 6.00. The van der Waals surface area contributed by atoms with Crippen molar-refractivity contribution in [3.05, 3.63) is 40.5 Å². The van der Waals surface area contributed by atoms with Gasteiger partial charge in [-0.25, -0.2) is 0 Å². The van der Waals surface area contributed by atoms with Gasteiger partial charge in [0.25, 0.3) is 0 Å². The summed E-state index contributed by atoms with van der Waals surface area (Å²) < 4.78 is 10.3. The minimum absolute atomic E-state index is 0.218. The lowest BCUT2D eigenvalue weighted by Crippen LogP contribution is -2.31. The summed E-state index contributed by atoms with van der Waals surface area (Å²) in [5.74, 6) is 0.375. The Morgan fingerprint density at radius 3 is 2.83 bits per heavy atom. The number of carbonyl (C=O) groups is 1. The number of carboxylic acid groups (broad SMARTS) is 1. The summed E-state index contributed by atoms with van der Waals surface area (Å²) in [6.45, 7) is 2.12. The second-order valence-electron chi connectivity index (χ2n) is 5.00. The fourth-order valence-corrected chi connectivity index (χ4v) is 2.47. The molecule has 0 fully saturated rings. The molecule has 1 unspecified atom stereocenters. The van der Waals surface area contributed by atoms with Gasteiger partial charge in [-0.05, 0) is 25.2 Å². The maximum Gasteiger partial charge on any atom is 0.325 e. The molecule has 1 N–H and O–H groups in total. The molecule has 1 aromatic carbocycles. The second kappa shape index (κ2) is 7.43. The molecule has 0 aliphatic carbocycles. The minimum Gasteiger partial charge on any atom is -0.496 e. The maximum atomic E-state index is 11.8. The molecule has 2 rings (SSSR count). The van der Waals surface area contributed by atoms with Crippen molar-refractivity contribution in [3.8, 4) is 5.75 Å². The molecule has 0 saturated carbocycles. The Kier molecular flexibility index (Phi) is 5.57. The van der Waals surface area contributed by atoms with Crippen molar-refractivity contribution in [2.75, 3.05) is 14.2 Å². The molecule has 7 nitrogen and oxygen atoms in total. The van der Waals surface area contributed by atoms with Crippen molar-refractivity contribution in [1.29, 1.82) is 0 Å². The molecule has 0 radical (unpaired) electrons. The predicted molar refractivity (Wildman–Crippen MR) is 83.5 cm³/mol. The van der Waals surface area contributed by atoms with Gasteiger partial charge in [-0.15, -0.1) is 0 Å². The molecule has 2 aromatic rings. The SMILES string of the molecule is CCc1nc(CN(C)C(C(=O)O)c2cc(Cl)ccc2OC)no1. The van der Waals surface area contributed by atoms with Crippen molar-refractivity contribution in [3.63, 3.8) is 0 Å². The van der Waals surface area contributed by atoms with Crippen LogP contribution in [0.1, 0.15) is 30.2 Å². The van der Waals surface area contributed by atoms with E-state index in [1.165, 1.54) is 7.11 Å². The van der Waals surface area contributed by atoms with E-state index < -0.39 is 12.0 Å². The van der Waals surface area contributed by atoms with E-state index in [1.807, 2.05) is 6.92 Å². The van der Waals surface area contributed by atoms with E-state index in [-0.39, 0.29) is 6.54 Å². The zero-order valence-corrected chi connectivity index (χ0v) is 13.9. The van der Waals surface area contributed by atoms with Crippen LogP contribution in [-0.2, 0) is 17.8 Å². The number of nitrogens with zero attached hydrogens (tertiary/aromatic N) is 3. The standard InChI is InChI=1S/C15H18ClN3O4/c1-4-13-17-12(18-23-13)8-19(2)14(15(20)21)10-7-9(16)5-6-11(10)22-3/h5-7,14H,4,8H2,1-3H3,(H,20,21). The van der Waals surface area contributed by atoms with Crippen LogP contribution in [0.15, 0.2) is 22.7 Å².